The maximum absolute atomic E-state index is 2.95. The van der Waals surface area contributed by atoms with E-state index in [-0.39, 0.29) is 0 Å². The van der Waals surface area contributed by atoms with Gasteiger partial charge in [-0.25, -0.2) is 0 Å². The first kappa shape index (κ1) is 11.7. The molecule has 1 aromatic carbocycles. The lowest BCUT2D eigenvalue weighted by molar-refractivity contribution is 0.374. The topological polar surface area (TPSA) is 0 Å². The van der Waals surface area contributed by atoms with Gasteiger partial charge in [-0.05, 0) is 30.0 Å². The van der Waals surface area contributed by atoms with Crippen molar-refractivity contribution in [1.29, 1.82) is 0 Å². The van der Waals surface area contributed by atoms with E-state index in [1.807, 2.05) is 0 Å². The fourth-order valence-corrected chi connectivity index (χ4v) is 2.52. The van der Waals surface area contributed by atoms with Crippen LogP contribution in [0.5, 0.6) is 0 Å². The van der Waals surface area contributed by atoms with Gasteiger partial charge in [-0.3, -0.25) is 0 Å². The molecule has 0 saturated heterocycles. The Kier molecular flexibility index (Phi) is 3.72. The fraction of sp³-hybridized carbons (Fsp3) is 0.538. The first-order chi connectivity index (χ1) is 6.38. The summed E-state index contributed by atoms with van der Waals surface area (Å²) in [6.45, 7) is 9.00. The lowest BCUT2D eigenvalue weighted by Gasteiger charge is -2.23. The number of hydrogen-bond donors (Lipinski definition) is 0. The Morgan fingerprint density at radius 2 is 1.64 bits per heavy atom. The van der Waals surface area contributed by atoms with E-state index >= 15 is 0 Å². The summed E-state index contributed by atoms with van der Waals surface area (Å²) in [5, 5.41) is 0. The van der Waals surface area contributed by atoms with Crippen LogP contribution in [0.2, 0.25) is 0 Å². The zero-order valence-electron chi connectivity index (χ0n) is 9.67. The molecule has 0 N–H and O–H groups in total. The molecule has 1 aromatic rings. The normalized spacial score (nSPS) is 14.1. The first-order valence-electron chi connectivity index (χ1n) is 5.21. The quantitative estimate of drug-likeness (QED) is 0.634. The molecule has 0 aliphatic heterocycles. The van der Waals surface area contributed by atoms with Crippen LogP contribution in [0, 0.1) is 12.3 Å². The van der Waals surface area contributed by atoms with Crippen molar-refractivity contribution in [3.8, 4) is 0 Å². The van der Waals surface area contributed by atoms with Crippen molar-refractivity contribution < 1.29 is 0 Å². The van der Waals surface area contributed by atoms with E-state index in [0.29, 0.717) is 11.1 Å². The predicted molar refractivity (Wildman–Crippen MR) is 67.7 cm³/mol. The summed E-state index contributed by atoms with van der Waals surface area (Å²) in [5.74, 6) is 0. The molecule has 0 radical (unpaired) electrons. The zero-order chi connectivity index (χ0) is 10.8. The molecule has 2 unspecified atom stereocenters. The molecule has 0 bridgehead atoms. The maximum atomic E-state index is 2.95. The molecule has 0 heterocycles. The van der Waals surface area contributed by atoms with Gasteiger partial charge in [0, 0.05) is 0 Å². The lowest BCUT2D eigenvalue weighted by Crippen LogP contribution is -2.08. The average Bonchev–Trinajstić information content (AvgIpc) is 2.02. The Hall–Kier alpha value is -0.350. The summed E-state index contributed by atoms with van der Waals surface area (Å²) in [6, 6.07) is 8.85. The third-order valence-corrected chi connectivity index (χ3v) is 2.96. The SMILES string of the molecule is Cc1ccc(C(P)CC(C)(C)C)cc1. The van der Waals surface area contributed by atoms with Gasteiger partial charge in [0.15, 0.2) is 0 Å². The van der Waals surface area contributed by atoms with Crippen LogP contribution in [0.4, 0.5) is 0 Å². The van der Waals surface area contributed by atoms with Gasteiger partial charge in [-0.1, -0.05) is 50.6 Å². The second kappa shape index (κ2) is 4.45. The highest BCUT2D eigenvalue weighted by molar-refractivity contribution is 7.17. The standard InChI is InChI=1S/C13H21P/c1-10-5-7-11(8-6-10)12(14)9-13(2,3)4/h5-8,12H,9,14H2,1-4H3. The van der Waals surface area contributed by atoms with Crippen LogP contribution in [0.25, 0.3) is 0 Å². The second-order valence-corrected chi connectivity index (χ2v) is 6.09. The van der Waals surface area contributed by atoms with Crippen molar-refractivity contribution in [1.82, 2.24) is 0 Å². The number of rotatable bonds is 2. The van der Waals surface area contributed by atoms with Crippen molar-refractivity contribution in [2.45, 2.75) is 39.8 Å². The molecule has 1 heteroatoms. The molecule has 0 spiro atoms. The largest absolute Gasteiger partial charge is 0.130 e. The highest BCUT2D eigenvalue weighted by Crippen LogP contribution is 2.35. The zero-order valence-corrected chi connectivity index (χ0v) is 10.8. The Morgan fingerprint density at radius 1 is 1.14 bits per heavy atom. The van der Waals surface area contributed by atoms with Gasteiger partial charge in [0.05, 0.1) is 0 Å². The number of benzene rings is 1. The van der Waals surface area contributed by atoms with Gasteiger partial charge in [-0.2, -0.15) is 0 Å². The van der Waals surface area contributed by atoms with Crippen LogP contribution in [0.3, 0.4) is 0 Å². The minimum atomic E-state index is 0.400. The molecule has 0 fully saturated rings. The van der Waals surface area contributed by atoms with Crippen LogP contribution in [0.15, 0.2) is 24.3 Å². The predicted octanol–water partition coefficient (Wildman–Crippen LogP) is 4.35. The molecule has 2 atom stereocenters. The summed E-state index contributed by atoms with van der Waals surface area (Å²) in [4.78, 5) is 0. The molecule has 0 aliphatic rings. The average molecular weight is 208 g/mol. The monoisotopic (exact) mass is 208 g/mol. The van der Waals surface area contributed by atoms with Gasteiger partial charge in [-0.15, -0.1) is 9.24 Å². The highest BCUT2D eigenvalue weighted by Gasteiger charge is 2.16. The van der Waals surface area contributed by atoms with Gasteiger partial charge < -0.3 is 0 Å². The van der Waals surface area contributed by atoms with Crippen molar-refractivity contribution in [3.05, 3.63) is 35.4 Å². The minimum absolute atomic E-state index is 0.400. The van der Waals surface area contributed by atoms with E-state index < -0.39 is 0 Å². The van der Waals surface area contributed by atoms with Crippen LogP contribution >= 0.6 is 9.24 Å². The maximum Gasteiger partial charge on any atom is -0.000961 e. The Morgan fingerprint density at radius 3 is 2.07 bits per heavy atom. The minimum Gasteiger partial charge on any atom is -0.130 e. The Labute approximate surface area is 90.3 Å². The molecule has 0 aromatic heterocycles. The van der Waals surface area contributed by atoms with Gasteiger partial charge in [0.2, 0.25) is 0 Å². The lowest BCUT2D eigenvalue weighted by atomic mass is 9.88. The van der Waals surface area contributed by atoms with E-state index in [9.17, 15) is 0 Å². The van der Waals surface area contributed by atoms with E-state index in [2.05, 4.69) is 61.2 Å². The van der Waals surface area contributed by atoms with Gasteiger partial charge in [0.1, 0.15) is 0 Å². The number of hydrogen-bond acceptors (Lipinski definition) is 0. The molecule has 1 rings (SSSR count). The third-order valence-electron chi connectivity index (χ3n) is 2.34. The molecule has 78 valence electrons. The van der Waals surface area contributed by atoms with E-state index in [1.165, 1.54) is 17.5 Å². The van der Waals surface area contributed by atoms with Crippen LogP contribution < -0.4 is 0 Å². The molecular weight excluding hydrogens is 187 g/mol. The van der Waals surface area contributed by atoms with Crippen LogP contribution in [0.1, 0.15) is 44.0 Å². The molecular formula is C13H21P. The molecule has 0 aliphatic carbocycles. The van der Waals surface area contributed by atoms with E-state index in [4.69, 9.17) is 0 Å². The van der Waals surface area contributed by atoms with Crippen LogP contribution in [-0.2, 0) is 0 Å². The van der Waals surface area contributed by atoms with Crippen molar-refractivity contribution in [3.63, 3.8) is 0 Å². The van der Waals surface area contributed by atoms with Crippen molar-refractivity contribution in [2.24, 2.45) is 5.41 Å². The summed E-state index contributed by atoms with van der Waals surface area (Å²) in [7, 11) is 2.95. The molecule has 0 saturated carbocycles. The summed E-state index contributed by atoms with van der Waals surface area (Å²) in [5.41, 5.74) is 3.74. The second-order valence-electron chi connectivity index (χ2n) is 5.28. The third kappa shape index (κ3) is 3.80. The van der Waals surface area contributed by atoms with E-state index in [0.717, 1.165) is 0 Å². The van der Waals surface area contributed by atoms with Gasteiger partial charge in [0.25, 0.3) is 0 Å². The Balaban J connectivity index is 2.70. The summed E-state index contributed by atoms with van der Waals surface area (Å²) < 4.78 is 0. The number of aryl methyl sites for hydroxylation is 1. The smallest absolute Gasteiger partial charge is 0.000961 e. The molecule has 0 amide bonds. The molecule has 0 nitrogen and oxygen atoms in total. The summed E-state index contributed by atoms with van der Waals surface area (Å²) in [6.07, 6.45) is 1.21. The fourth-order valence-electron chi connectivity index (χ4n) is 1.59. The van der Waals surface area contributed by atoms with Crippen molar-refractivity contribution >= 4 is 9.24 Å². The molecule has 14 heavy (non-hydrogen) atoms. The summed E-state index contributed by atoms with van der Waals surface area (Å²) >= 11 is 0. The van der Waals surface area contributed by atoms with Crippen molar-refractivity contribution in [2.75, 3.05) is 0 Å². The Bertz CT molecular complexity index is 279. The van der Waals surface area contributed by atoms with Gasteiger partial charge >= 0.3 is 0 Å². The highest BCUT2D eigenvalue weighted by atomic mass is 31.0. The van der Waals surface area contributed by atoms with Crippen LogP contribution in [-0.4, -0.2) is 0 Å². The first-order valence-corrected chi connectivity index (χ1v) is 5.87. The van der Waals surface area contributed by atoms with E-state index in [1.54, 1.807) is 0 Å².